The van der Waals surface area contributed by atoms with Crippen LogP contribution in [-0.2, 0) is 9.53 Å². The Bertz CT molecular complexity index is 695. The number of benzene rings is 2. The Kier molecular flexibility index (Phi) is 6.15. The molecular formula is C21H26N3O2+. The molecule has 5 nitrogen and oxygen atoms in total. The quantitative estimate of drug-likeness (QED) is 0.629. The van der Waals surface area contributed by atoms with Crippen molar-refractivity contribution in [2.45, 2.75) is 26.1 Å². The Morgan fingerprint density at radius 3 is 2.00 bits per heavy atom. The number of hydrogen-bond acceptors (Lipinski definition) is 3. The summed E-state index contributed by atoms with van der Waals surface area (Å²) in [6.07, 6.45) is 0.350. The molecule has 136 valence electrons. The van der Waals surface area contributed by atoms with Crippen molar-refractivity contribution in [2.24, 2.45) is 5.10 Å². The molecule has 3 rings (SSSR count). The number of hydrogen-bond donors (Lipinski definition) is 2. The van der Waals surface area contributed by atoms with Gasteiger partial charge >= 0.3 is 0 Å². The average molecular weight is 352 g/mol. The minimum atomic E-state index is -0.0781. The van der Waals surface area contributed by atoms with E-state index in [9.17, 15) is 4.79 Å². The van der Waals surface area contributed by atoms with Gasteiger partial charge in [0.1, 0.15) is 25.3 Å². The predicted octanol–water partition coefficient (Wildman–Crippen LogP) is 1.25. The molecule has 0 spiro atoms. The minimum absolute atomic E-state index is 0.0781. The number of morpholine rings is 1. The van der Waals surface area contributed by atoms with Gasteiger partial charge in [-0.2, -0.15) is 5.10 Å². The molecule has 1 heterocycles. The standard InChI is InChI=1S/C21H25N3O2/c1-16-13-24(14-17(2)26-16)15-20(25)22-23-21(18-9-5-3-6-10-18)19-11-7-4-8-12-19/h3-12,16-17H,13-15H2,1-2H3,(H,22,25)/p+1/t16-,17+. The summed E-state index contributed by atoms with van der Waals surface area (Å²) in [5.41, 5.74) is 5.45. The lowest BCUT2D eigenvalue weighted by Gasteiger charge is -2.31. The van der Waals surface area contributed by atoms with Crippen LogP contribution in [-0.4, -0.2) is 43.5 Å². The van der Waals surface area contributed by atoms with Gasteiger partial charge in [0, 0.05) is 11.1 Å². The van der Waals surface area contributed by atoms with Crippen LogP contribution in [0, 0.1) is 0 Å². The molecular weight excluding hydrogens is 326 g/mol. The molecule has 1 aliphatic heterocycles. The molecule has 26 heavy (non-hydrogen) atoms. The van der Waals surface area contributed by atoms with Crippen LogP contribution in [0.3, 0.4) is 0 Å². The van der Waals surface area contributed by atoms with Gasteiger partial charge in [-0.3, -0.25) is 4.79 Å². The Hall–Kier alpha value is -2.50. The fourth-order valence-corrected chi connectivity index (χ4v) is 3.41. The van der Waals surface area contributed by atoms with E-state index in [0.717, 1.165) is 29.9 Å². The highest BCUT2D eigenvalue weighted by Gasteiger charge is 2.27. The Balaban J connectivity index is 1.71. The zero-order valence-corrected chi connectivity index (χ0v) is 15.3. The van der Waals surface area contributed by atoms with Crippen molar-refractivity contribution in [2.75, 3.05) is 19.6 Å². The number of ether oxygens (including phenoxy) is 1. The fourth-order valence-electron chi connectivity index (χ4n) is 3.41. The summed E-state index contributed by atoms with van der Waals surface area (Å²) in [6.45, 7) is 6.18. The molecule has 2 aromatic rings. The number of carbonyl (C=O) groups excluding carboxylic acids is 1. The van der Waals surface area contributed by atoms with Crippen LogP contribution < -0.4 is 10.3 Å². The van der Waals surface area contributed by atoms with Crippen LogP contribution >= 0.6 is 0 Å². The van der Waals surface area contributed by atoms with Crippen LogP contribution in [0.25, 0.3) is 0 Å². The number of hydrazone groups is 1. The Labute approximate surface area is 154 Å². The molecule has 2 N–H and O–H groups in total. The highest BCUT2D eigenvalue weighted by atomic mass is 16.5. The van der Waals surface area contributed by atoms with Gasteiger partial charge in [-0.05, 0) is 13.8 Å². The van der Waals surface area contributed by atoms with Crippen molar-refractivity contribution < 1.29 is 14.4 Å². The van der Waals surface area contributed by atoms with E-state index in [4.69, 9.17) is 4.74 Å². The van der Waals surface area contributed by atoms with E-state index in [0.29, 0.717) is 6.54 Å². The second-order valence-corrected chi connectivity index (χ2v) is 6.82. The van der Waals surface area contributed by atoms with Gasteiger partial charge in [-0.1, -0.05) is 60.7 Å². The van der Waals surface area contributed by atoms with E-state index in [1.165, 1.54) is 4.90 Å². The topological polar surface area (TPSA) is 55.1 Å². The third-order valence-corrected chi connectivity index (χ3v) is 4.41. The van der Waals surface area contributed by atoms with Crippen LogP contribution in [0.2, 0.25) is 0 Å². The second kappa shape index (κ2) is 8.74. The van der Waals surface area contributed by atoms with Crippen LogP contribution in [0.4, 0.5) is 0 Å². The summed E-state index contributed by atoms with van der Waals surface area (Å²) in [6, 6.07) is 19.8. The van der Waals surface area contributed by atoms with Gasteiger partial charge in [-0.25, -0.2) is 5.43 Å². The van der Waals surface area contributed by atoms with Gasteiger partial charge in [0.05, 0.1) is 5.71 Å². The largest absolute Gasteiger partial charge is 0.364 e. The van der Waals surface area contributed by atoms with E-state index in [2.05, 4.69) is 24.4 Å². The van der Waals surface area contributed by atoms with Gasteiger partial charge in [-0.15, -0.1) is 0 Å². The van der Waals surface area contributed by atoms with E-state index in [1.54, 1.807) is 0 Å². The first-order chi connectivity index (χ1) is 12.6. The molecule has 5 heteroatoms. The first-order valence-electron chi connectivity index (χ1n) is 9.08. The van der Waals surface area contributed by atoms with E-state index < -0.39 is 0 Å². The normalized spacial score (nSPS) is 22.5. The number of quaternary nitrogens is 1. The lowest BCUT2D eigenvalue weighted by Crippen LogP contribution is -3.16. The van der Waals surface area contributed by atoms with Gasteiger partial charge in [0.2, 0.25) is 0 Å². The Morgan fingerprint density at radius 1 is 1.00 bits per heavy atom. The van der Waals surface area contributed by atoms with Crippen molar-refractivity contribution in [1.82, 2.24) is 5.43 Å². The lowest BCUT2D eigenvalue weighted by molar-refractivity contribution is -0.907. The van der Waals surface area contributed by atoms with Crippen molar-refractivity contribution >= 4 is 11.6 Å². The molecule has 1 saturated heterocycles. The lowest BCUT2D eigenvalue weighted by atomic mass is 10.0. The Morgan fingerprint density at radius 2 is 1.50 bits per heavy atom. The zero-order chi connectivity index (χ0) is 18.4. The van der Waals surface area contributed by atoms with Gasteiger partial charge in [0.25, 0.3) is 5.91 Å². The average Bonchev–Trinajstić information content (AvgIpc) is 2.63. The highest BCUT2D eigenvalue weighted by molar-refractivity contribution is 6.13. The first kappa shape index (κ1) is 18.3. The summed E-state index contributed by atoms with van der Waals surface area (Å²) < 4.78 is 5.73. The second-order valence-electron chi connectivity index (χ2n) is 6.82. The summed E-state index contributed by atoms with van der Waals surface area (Å²) >= 11 is 0. The highest BCUT2D eigenvalue weighted by Crippen LogP contribution is 2.10. The van der Waals surface area contributed by atoms with E-state index in [1.807, 2.05) is 60.7 Å². The fraction of sp³-hybridized carbons (Fsp3) is 0.333. The molecule has 2 aromatic carbocycles. The molecule has 0 aromatic heterocycles. The molecule has 1 amide bonds. The van der Waals surface area contributed by atoms with Crippen LogP contribution in [0.1, 0.15) is 25.0 Å². The van der Waals surface area contributed by atoms with Crippen LogP contribution in [0.5, 0.6) is 0 Å². The van der Waals surface area contributed by atoms with Crippen molar-refractivity contribution in [1.29, 1.82) is 0 Å². The molecule has 1 aliphatic rings. The van der Waals surface area contributed by atoms with Gasteiger partial charge < -0.3 is 9.64 Å². The summed E-state index contributed by atoms with van der Waals surface area (Å²) in [5, 5.41) is 4.44. The van der Waals surface area contributed by atoms with Gasteiger partial charge in [0.15, 0.2) is 6.54 Å². The van der Waals surface area contributed by atoms with Crippen molar-refractivity contribution in [3.05, 3.63) is 71.8 Å². The number of rotatable bonds is 5. The van der Waals surface area contributed by atoms with Crippen LogP contribution in [0.15, 0.2) is 65.8 Å². The number of carbonyl (C=O) groups is 1. The minimum Gasteiger partial charge on any atom is -0.364 e. The van der Waals surface area contributed by atoms with E-state index >= 15 is 0 Å². The number of nitrogens with zero attached hydrogens (tertiary/aromatic N) is 1. The number of amides is 1. The summed E-state index contributed by atoms with van der Waals surface area (Å²) in [5.74, 6) is -0.0781. The molecule has 0 aliphatic carbocycles. The SMILES string of the molecule is C[C@@H]1C[NH+](CC(=O)NN=C(c2ccccc2)c2ccccc2)C[C@H](C)O1. The van der Waals surface area contributed by atoms with Crippen molar-refractivity contribution in [3.63, 3.8) is 0 Å². The zero-order valence-electron chi connectivity index (χ0n) is 15.3. The van der Waals surface area contributed by atoms with Crippen molar-refractivity contribution in [3.8, 4) is 0 Å². The summed E-state index contributed by atoms with van der Waals surface area (Å²) in [7, 11) is 0. The summed E-state index contributed by atoms with van der Waals surface area (Å²) in [4.78, 5) is 13.6. The molecule has 0 radical (unpaired) electrons. The maximum atomic E-state index is 12.4. The smallest absolute Gasteiger partial charge is 0.295 e. The maximum absolute atomic E-state index is 12.4. The molecule has 0 saturated carbocycles. The molecule has 1 fully saturated rings. The third kappa shape index (κ3) is 5.00. The molecule has 1 unspecified atom stereocenters. The number of nitrogens with one attached hydrogen (secondary N) is 2. The predicted molar refractivity (Wildman–Crippen MR) is 102 cm³/mol. The van der Waals surface area contributed by atoms with E-state index in [-0.39, 0.29) is 18.1 Å². The molecule has 0 bridgehead atoms. The third-order valence-electron chi connectivity index (χ3n) is 4.41. The molecule has 3 atom stereocenters. The first-order valence-corrected chi connectivity index (χ1v) is 9.08. The maximum Gasteiger partial charge on any atom is 0.295 e. The monoisotopic (exact) mass is 352 g/mol.